The van der Waals surface area contributed by atoms with Crippen LogP contribution in [0.4, 0.5) is 0 Å². The lowest BCUT2D eigenvalue weighted by Crippen LogP contribution is -2.52. The van der Waals surface area contributed by atoms with Gasteiger partial charge < -0.3 is 4.74 Å². The Balaban J connectivity index is 2.73. The van der Waals surface area contributed by atoms with Crippen molar-refractivity contribution in [3.05, 3.63) is 20.9 Å². The van der Waals surface area contributed by atoms with Gasteiger partial charge in [-0.15, -0.1) is 0 Å². The van der Waals surface area contributed by atoms with E-state index in [4.69, 9.17) is 15.8 Å². The second-order valence-corrected chi connectivity index (χ2v) is 2.28. The third kappa shape index (κ3) is 1.20. The lowest BCUT2D eigenvalue weighted by molar-refractivity contribution is -0.148. The summed E-state index contributed by atoms with van der Waals surface area (Å²) >= 11 is 0. The highest BCUT2D eigenvalue weighted by atomic mass is 16.5. The molecule has 0 radical (unpaired) electrons. The molecule has 1 rings (SSSR count). The second kappa shape index (κ2) is 2.67. The van der Waals surface area contributed by atoms with Crippen molar-refractivity contribution >= 4 is 0 Å². The van der Waals surface area contributed by atoms with Gasteiger partial charge in [-0.3, -0.25) is 0 Å². The van der Waals surface area contributed by atoms with Gasteiger partial charge in [0.1, 0.15) is 0 Å². The van der Waals surface area contributed by atoms with E-state index in [9.17, 15) is 0 Å². The fourth-order valence-corrected chi connectivity index (χ4v) is 0.786. The summed E-state index contributed by atoms with van der Waals surface area (Å²) in [5, 5.41) is 6.75. The minimum Gasteiger partial charge on any atom is -0.368 e. The van der Waals surface area contributed by atoms with Crippen molar-refractivity contribution in [2.75, 3.05) is 6.61 Å². The zero-order valence-corrected chi connectivity index (χ0v) is 5.88. The summed E-state index contributed by atoms with van der Waals surface area (Å²) in [5.74, 6) is 0. The molecule has 1 fully saturated rings. The quantitative estimate of drug-likeness (QED) is 0.337. The van der Waals surface area contributed by atoms with E-state index in [1.807, 2.05) is 0 Å². The Morgan fingerprint density at radius 2 is 2.27 bits per heavy atom. The van der Waals surface area contributed by atoms with Gasteiger partial charge in [0, 0.05) is 9.82 Å². The normalized spacial score (nSPS) is 34.5. The SMILES string of the molecule is CC1(N=[N+]=[N-])OCC1N=[N+]=[N-]. The van der Waals surface area contributed by atoms with Crippen LogP contribution in [0.2, 0.25) is 0 Å². The van der Waals surface area contributed by atoms with Crippen LogP contribution in [0.5, 0.6) is 0 Å². The van der Waals surface area contributed by atoms with E-state index >= 15 is 0 Å². The first-order chi connectivity index (χ1) is 5.23. The highest BCUT2D eigenvalue weighted by Crippen LogP contribution is 2.30. The molecular formula is C4H6N6O. The molecule has 0 saturated carbocycles. The molecule has 0 aromatic rings. The molecule has 0 N–H and O–H groups in total. The molecule has 1 heterocycles. The average Bonchev–Trinajstić information content (AvgIpc) is 1.99. The molecule has 0 aromatic carbocycles. The predicted octanol–water partition coefficient (Wildman–Crippen LogP) is 1.72. The second-order valence-electron chi connectivity index (χ2n) is 2.28. The highest BCUT2D eigenvalue weighted by molar-refractivity contribution is 4.95. The van der Waals surface area contributed by atoms with Crippen LogP contribution in [0, 0.1) is 0 Å². The zero-order chi connectivity index (χ0) is 8.32. The van der Waals surface area contributed by atoms with E-state index in [1.54, 1.807) is 6.92 Å². The van der Waals surface area contributed by atoms with Crippen LogP contribution >= 0.6 is 0 Å². The number of nitrogens with zero attached hydrogens (tertiary/aromatic N) is 6. The molecule has 1 aliphatic rings. The molecule has 11 heavy (non-hydrogen) atoms. The van der Waals surface area contributed by atoms with Crippen molar-refractivity contribution in [2.45, 2.75) is 18.7 Å². The number of hydrogen-bond donors (Lipinski definition) is 0. The molecule has 1 aliphatic heterocycles. The molecule has 58 valence electrons. The van der Waals surface area contributed by atoms with Crippen molar-refractivity contribution in [3.63, 3.8) is 0 Å². The Hall–Kier alpha value is -1.42. The van der Waals surface area contributed by atoms with Crippen LogP contribution in [0.1, 0.15) is 6.92 Å². The van der Waals surface area contributed by atoms with Crippen LogP contribution in [-0.2, 0) is 4.74 Å². The Morgan fingerprint density at radius 1 is 1.55 bits per heavy atom. The Bertz CT molecular complexity index is 251. The van der Waals surface area contributed by atoms with Gasteiger partial charge in [0.05, 0.1) is 12.6 Å². The smallest absolute Gasteiger partial charge is 0.154 e. The summed E-state index contributed by atoms with van der Waals surface area (Å²) < 4.78 is 4.94. The summed E-state index contributed by atoms with van der Waals surface area (Å²) in [5.41, 5.74) is 15.2. The van der Waals surface area contributed by atoms with Crippen molar-refractivity contribution in [1.29, 1.82) is 0 Å². The maximum atomic E-state index is 8.10. The molecule has 0 spiro atoms. The van der Waals surface area contributed by atoms with E-state index in [1.165, 1.54) is 0 Å². The Kier molecular flexibility index (Phi) is 1.87. The lowest BCUT2D eigenvalue weighted by atomic mass is 10.0. The van der Waals surface area contributed by atoms with Crippen molar-refractivity contribution in [1.82, 2.24) is 0 Å². The molecule has 0 amide bonds. The van der Waals surface area contributed by atoms with Crippen molar-refractivity contribution < 1.29 is 4.74 Å². The molecule has 0 aliphatic carbocycles. The van der Waals surface area contributed by atoms with Crippen LogP contribution in [0.15, 0.2) is 10.2 Å². The van der Waals surface area contributed by atoms with Gasteiger partial charge in [0.25, 0.3) is 0 Å². The standard InChI is InChI=1S/C4H6N6O/c1-4(8-10-6)3(2-11-4)7-9-5/h3H,2H2,1H3. The van der Waals surface area contributed by atoms with Gasteiger partial charge in [-0.1, -0.05) is 10.2 Å². The molecule has 0 aromatic heterocycles. The van der Waals surface area contributed by atoms with Gasteiger partial charge in [0.15, 0.2) is 5.72 Å². The Labute approximate surface area is 62.2 Å². The van der Waals surface area contributed by atoms with Crippen molar-refractivity contribution in [3.8, 4) is 0 Å². The van der Waals surface area contributed by atoms with Crippen LogP contribution in [0.3, 0.4) is 0 Å². The summed E-state index contributed by atoms with van der Waals surface area (Å²) in [4.78, 5) is 5.18. The van der Waals surface area contributed by atoms with Crippen LogP contribution in [0.25, 0.3) is 20.9 Å². The maximum Gasteiger partial charge on any atom is 0.154 e. The van der Waals surface area contributed by atoms with Gasteiger partial charge in [-0.25, -0.2) is 0 Å². The largest absolute Gasteiger partial charge is 0.368 e. The predicted molar refractivity (Wildman–Crippen MR) is 36.4 cm³/mol. The van der Waals surface area contributed by atoms with Crippen molar-refractivity contribution in [2.24, 2.45) is 10.2 Å². The van der Waals surface area contributed by atoms with Crippen LogP contribution < -0.4 is 0 Å². The minimum absolute atomic E-state index is 0.319. The zero-order valence-electron chi connectivity index (χ0n) is 5.88. The van der Waals surface area contributed by atoms with E-state index in [0.29, 0.717) is 6.61 Å². The minimum atomic E-state index is -0.971. The topological polar surface area (TPSA) is 107 Å². The highest BCUT2D eigenvalue weighted by Gasteiger charge is 2.43. The van der Waals surface area contributed by atoms with Gasteiger partial charge in [0.2, 0.25) is 0 Å². The number of rotatable bonds is 2. The number of hydrogen-bond acceptors (Lipinski definition) is 3. The monoisotopic (exact) mass is 154 g/mol. The molecule has 7 heteroatoms. The fourth-order valence-electron chi connectivity index (χ4n) is 0.786. The molecule has 7 nitrogen and oxygen atoms in total. The molecular weight excluding hydrogens is 148 g/mol. The van der Waals surface area contributed by atoms with E-state index < -0.39 is 5.72 Å². The number of ether oxygens (including phenoxy) is 1. The Morgan fingerprint density at radius 3 is 2.64 bits per heavy atom. The molecule has 2 unspecified atom stereocenters. The van der Waals surface area contributed by atoms with Crippen LogP contribution in [-0.4, -0.2) is 18.4 Å². The lowest BCUT2D eigenvalue weighted by Gasteiger charge is -2.40. The summed E-state index contributed by atoms with van der Waals surface area (Å²) in [6.07, 6.45) is 0. The van der Waals surface area contributed by atoms with Gasteiger partial charge in [-0.2, -0.15) is 0 Å². The maximum absolute atomic E-state index is 8.10. The average molecular weight is 154 g/mol. The van der Waals surface area contributed by atoms with Gasteiger partial charge in [-0.05, 0) is 18.0 Å². The van der Waals surface area contributed by atoms with E-state index in [2.05, 4.69) is 20.1 Å². The third-order valence-electron chi connectivity index (χ3n) is 1.59. The summed E-state index contributed by atoms with van der Waals surface area (Å²) in [6.45, 7) is 1.90. The molecule has 2 atom stereocenters. The third-order valence-corrected chi connectivity index (χ3v) is 1.59. The van der Waals surface area contributed by atoms with Gasteiger partial charge >= 0.3 is 0 Å². The summed E-state index contributed by atoms with van der Waals surface area (Å²) in [7, 11) is 0. The first kappa shape index (κ1) is 7.68. The fraction of sp³-hybridized carbons (Fsp3) is 1.00. The summed E-state index contributed by atoms with van der Waals surface area (Å²) in [6, 6.07) is -0.372. The van der Waals surface area contributed by atoms with E-state index in [0.717, 1.165) is 0 Å². The molecule has 0 bridgehead atoms. The first-order valence-electron chi connectivity index (χ1n) is 2.97. The molecule has 1 saturated heterocycles. The number of azide groups is 2. The van der Waals surface area contributed by atoms with E-state index in [-0.39, 0.29) is 6.04 Å². The first-order valence-corrected chi connectivity index (χ1v) is 2.97.